The number of likely N-dealkylation sites (tertiary alicyclic amines) is 1. The predicted octanol–water partition coefficient (Wildman–Crippen LogP) is 2.23. The number of hydrogen-bond acceptors (Lipinski definition) is 3. The number of carbonyl (C=O) groups excluding carboxylic acids is 1. The number of allylic oxidation sites excluding steroid dienone is 2. The molecule has 0 aromatic rings. The van der Waals surface area contributed by atoms with Gasteiger partial charge in [0.2, 0.25) is 5.91 Å². The van der Waals surface area contributed by atoms with Gasteiger partial charge >= 0.3 is 0 Å². The zero-order valence-electron chi connectivity index (χ0n) is 13.5. The largest absolute Gasteiger partial charge is 0.391 e. The van der Waals surface area contributed by atoms with Crippen LogP contribution < -0.4 is 5.32 Å². The normalized spacial score (nSPS) is 34.0. The molecule has 2 aliphatic carbocycles. The number of aliphatic hydroxyl groups excluding tert-OH is 1. The minimum Gasteiger partial charge on any atom is -0.391 e. The summed E-state index contributed by atoms with van der Waals surface area (Å²) >= 11 is 0. The molecule has 1 amide bonds. The number of amides is 1. The van der Waals surface area contributed by atoms with Gasteiger partial charge in [-0.2, -0.15) is 0 Å². The molecule has 3 rings (SSSR count). The topological polar surface area (TPSA) is 52.6 Å². The Balaban J connectivity index is 1.39. The van der Waals surface area contributed by atoms with Crippen LogP contribution in [-0.2, 0) is 4.79 Å². The first-order valence-electron chi connectivity index (χ1n) is 9.10. The third-order valence-electron chi connectivity index (χ3n) is 5.62. The van der Waals surface area contributed by atoms with E-state index in [9.17, 15) is 9.90 Å². The van der Waals surface area contributed by atoms with Crippen molar-refractivity contribution in [2.24, 2.45) is 5.92 Å². The van der Waals surface area contributed by atoms with Crippen LogP contribution in [0.15, 0.2) is 12.2 Å². The standard InChI is InChI=1S/C18H30N2O2/c21-17-8-4-3-7-16(17)20-11-9-15(10-12-20)19-18(22)13-14-5-1-2-6-14/h1,5,14-17,21H,2-4,6-13H2,(H,19,22). The first-order chi connectivity index (χ1) is 10.7. The van der Waals surface area contributed by atoms with Crippen molar-refractivity contribution in [2.45, 2.75) is 76.0 Å². The molecule has 0 bridgehead atoms. The smallest absolute Gasteiger partial charge is 0.220 e. The van der Waals surface area contributed by atoms with Crippen LogP contribution >= 0.6 is 0 Å². The van der Waals surface area contributed by atoms with E-state index in [2.05, 4.69) is 22.4 Å². The van der Waals surface area contributed by atoms with Crippen molar-refractivity contribution in [3.63, 3.8) is 0 Å². The second-order valence-corrected chi connectivity index (χ2v) is 7.27. The maximum Gasteiger partial charge on any atom is 0.220 e. The molecule has 1 saturated carbocycles. The molecule has 22 heavy (non-hydrogen) atoms. The van der Waals surface area contributed by atoms with Gasteiger partial charge in [-0.1, -0.05) is 25.0 Å². The molecule has 0 spiro atoms. The zero-order chi connectivity index (χ0) is 15.4. The lowest BCUT2D eigenvalue weighted by Crippen LogP contribution is -2.52. The number of nitrogens with zero attached hydrogens (tertiary/aromatic N) is 1. The lowest BCUT2D eigenvalue weighted by atomic mass is 9.89. The van der Waals surface area contributed by atoms with Gasteiger partial charge in [0.05, 0.1) is 6.10 Å². The summed E-state index contributed by atoms with van der Waals surface area (Å²) in [5.41, 5.74) is 0. The highest BCUT2D eigenvalue weighted by molar-refractivity contribution is 5.76. The molecular formula is C18H30N2O2. The van der Waals surface area contributed by atoms with Crippen molar-refractivity contribution >= 4 is 5.91 Å². The van der Waals surface area contributed by atoms with Crippen LogP contribution in [0.5, 0.6) is 0 Å². The number of piperidine rings is 1. The summed E-state index contributed by atoms with van der Waals surface area (Å²) in [5, 5.41) is 13.4. The SMILES string of the molecule is O=C(CC1C=CCC1)NC1CCN(C2CCCCC2O)CC1. The second-order valence-electron chi connectivity index (χ2n) is 7.27. The van der Waals surface area contributed by atoms with Crippen LogP contribution in [0, 0.1) is 5.92 Å². The Kier molecular flexibility index (Phi) is 5.53. The van der Waals surface area contributed by atoms with Gasteiger partial charge in [-0.05, 0) is 44.4 Å². The predicted molar refractivity (Wildman–Crippen MR) is 87.5 cm³/mol. The highest BCUT2D eigenvalue weighted by atomic mass is 16.3. The number of aliphatic hydroxyl groups is 1. The van der Waals surface area contributed by atoms with Crippen molar-refractivity contribution in [2.75, 3.05) is 13.1 Å². The van der Waals surface area contributed by atoms with E-state index in [1.165, 1.54) is 12.8 Å². The number of carbonyl (C=O) groups is 1. The van der Waals surface area contributed by atoms with Crippen molar-refractivity contribution < 1.29 is 9.90 Å². The number of nitrogens with one attached hydrogen (secondary N) is 1. The quantitative estimate of drug-likeness (QED) is 0.783. The van der Waals surface area contributed by atoms with Crippen LogP contribution in [0.4, 0.5) is 0 Å². The van der Waals surface area contributed by atoms with Crippen molar-refractivity contribution in [3.8, 4) is 0 Å². The Bertz CT molecular complexity index is 402. The minimum absolute atomic E-state index is 0.144. The molecule has 0 radical (unpaired) electrons. The van der Waals surface area contributed by atoms with E-state index in [0.29, 0.717) is 24.4 Å². The average Bonchev–Trinajstić information content (AvgIpc) is 3.01. The monoisotopic (exact) mass is 306 g/mol. The number of hydrogen-bond donors (Lipinski definition) is 2. The summed E-state index contributed by atoms with van der Waals surface area (Å²) in [6.45, 7) is 2.02. The molecule has 0 aromatic heterocycles. The Hall–Kier alpha value is -0.870. The summed E-state index contributed by atoms with van der Waals surface area (Å²) in [7, 11) is 0. The van der Waals surface area contributed by atoms with Gasteiger partial charge in [0.1, 0.15) is 0 Å². The molecule has 3 atom stereocenters. The van der Waals surface area contributed by atoms with E-state index in [0.717, 1.165) is 51.6 Å². The van der Waals surface area contributed by atoms with Gasteiger partial charge in [-0.25, -0.2) is 0 Å². The van der Waals surface area contributed by atoms with Crippen LogP contribution in [0.2, 0.25) is 0 Å². The highest BCUT2D eigenvalue weighted by Crippen LogP contribution is 2.26. The molecular weight excluding hydrogens is 276 g/mol. The molecule has 3 aliphatic rings. The molecule has 4 heteroatoms. The van der Waals surface area contributed by atoms with Crippen LogP contribution in [0.3, 0.4) is 0 Å². The number of rotatable bonds is 4. The first-order valence-corrected chi connectivity index (χ1v) is 9.10. The van der Waals surface area contributed by atoms with E-state index in [4.69, 9.17) is 0 Å². The van der Waals surface area contributed by atoms with E-state index >= 15 is 0 Å². The minimum atomic E-state index is -0.144. The molecule has 1 aliphatic heterocycles. The summed E-state index contributed by atoms with van der Waals surface area (Å²) < 4.78 is 0. The van der Waals surface area contributed by atoms with Crippen LogP contribution in [-0.4, -0.2) is 47.2 Å². The lowest BCUT2D eigenvalue weighted by molar-refractivity contribution is -0.122. The van der Waals surface area contributed by atoms with E-state index in [-0.39, 0.29) is 12.0 Å². The molecule has 2 N–H and O–H groups in total. The molecule has 2 fully saturated rings. The summed E-state index contributed by atoms with van der Waals surface area (Å²) in [5.74, 6) is 0.671. The molecule has 1 saturated heterocycles. The van der Waals surface area contributed by atoms with Crippen molar-refractivity contribution in [1.29, 1.82) is 0 Å². The fourth-order valence-corrected chi connectivity index (χ4v) is 4.28. The Morgan fingerprint density at radius 3 is 2.59 bits per heavy atom. The summed E-state index contributed by atoms with van der Waals surface area (Å²) in [6.07, 6.45) is 13.7. The van der Waals surface area contributed by atoms with Gasteiger partial charge in [-0.3, -0.25) is 9.69 Å². The fourth-order valence-electron chi connectivity index (χ4n) is 4.28. The fraction of sp³-hybridized carbons (Fsp3) is 0.833. The lowest BCUT2D eigenvalue weighted by Gasteiger charge is -2.41. The van der Waals surface area contributed by atoms with Crippen molar-refractivity contribution in [1.82, 2.24) is 10.2 Å². The summed E-state index contributed by atoms with van der Waals surface area (Å²) in [6, 6.07) is 0.684. The van der Waals surface area contributed by atoms with E-state index in [1.54, 1.807) is 0 Å². The van der Waals surface area contributed by atoms with Crippen LogP contribution in [0.25, 0.3) is 0 Å². The van der Waals surface area contributed by atoms with Gasteiger partial charge in [0.25, 0.3) is 0 Å². The Labute approximate surface area is 134 Å². The first kappa shape index (κ1) is 16.0. The van der Waals surface area contributed by atoms with Gasteiger partial charge in [-0.15, -0.1) is 0 Å². The van der Waals surface area contributed by atoms with Gasteiger partial charge < -0.3 is 10.4 Å². The second kappa shape index (κ2) is 7.60. The Morgan fingerprint density at radius 2 is 1.91 bits per heavy atom. The average molecular weight is 306 g/mol. The maximum atomic E-state index is 12.1. The van der Waals surface area contributed by atoms with Gasteiger partial charge in [0, 0.05) is 31.6 Å². The van der Waals surface area contributed by atoms with Gasteiger partial charge in [0.15, 0.2) is 0 Å². The van der Waals surface area contributed by atoms with Crippen LogP contribution in [0.1, 0.15) is 57.8 Å². The van der Waals surface area contributed by atoms with E-state index < -0.39 is 0 Å². The third-order valence-corrected chi connectivity index (χ3v) is 5.62. The third kappa shape index (κ3) is 4.11. The van der Waals surface area contributed by atoms with E-state index in [1.807, 2.05) is 0 Å². The molecule has 1 heterocycles. The molecule has 4 nitrogen and oxygen atoms in total. The molecule has 124 valence electrons. The molecule has 0 aromatic carbocycles. The summed E-state index contributed by atoms with van der Waals surface area (Å²) in [4.78, 5) is 14.6. The maximum absolute atomic E-state index is 12.1. The zero-order valence-corrected chi connectivity index (χ0v) is 13.5. The Morgan fingerprint density at radius 1 is 1.14 bits per heavy atom. The molecule has 3 unspecified atom stereocenters. The van der Waals surface area contributed by atoms with Crippen molar-refractivity contribution in [3.05, 3.63) is 12.2 Å². The highest BCUT2D eigenvalue weighted by Gasteiger charge is 2.31.